The monoisotopic (exact) mass is 380 g/mol. The lowest BCUT2D eigenvalue weighted by Gasteiger charge is -2.23. The topological polar surface area (TPSA) is 13.1 Å². The first-order valence-corrected chi connectivity index (χ1v) is 10.9. The molecule has 0 bridgehead atoms. The van der Waals surface area contributed by atoms with Crippen LogP contribution in [0.2, 0.25) is 0 Å². The van der Waals surface area contributed by atoms with Gasteiger partial charge < -0.3 is 4.74 Å². The van der Waals surface area contributed by atoms with Crippen LogP contribution < -0.4 is 9.30 Å². The second-order valence-electron chi connectivity index (χ2n) is 8.78. The summed E-state index contributed by atoms with van der Waals surface area (Å²) < 4.78 is 8.78. The Morgan fingerprint density at radius 2 is 1.72 bits per heavy atom. The van der Waals surface area contributed by atoms with E-state index in [-0.39, 0.29) is 0 Å². The van der Waals surface area contributed by atoms with E-state index in [2.05, 4.69) is 73.1 Å². The Bertz CT molecular complexity index is 1280. The Morgan fingerprint density at radius 1 is 0.862 bits per heavy atom. The van der Waals surface area contributed by atoms with E-state index in [0.717, 1.165) is 11.5 Å². The Kier molecular flexibility index (Phi) is 3.71. The highest BCUT2D eigenvalue weighted by atomic mass is 16.5. The van der Waals surface area contributed by atoms with E-state index in [4.69, 9.17) is 4.74 Å². The molecule has 6 rings (SSSR count). The summed E-state index contributed by atoms with van der Waals surface area (Å²) in [5.41, 5.74) is 6.54. The zero-order chi connectivity index (χ0) is 19.5. The molecular weight excluding hydrogens is 354 g/mol. The lowest BCUT2D eigenvalue weighted by molar-refractivity contribution is -0.633. The molecule has 0 radical (unpaired) electrons. The summed E-state index contributed by atoms with van der Waals surface area (Å²) in [5, 5.41) is 3.74. The van der Waals surface area contributed by atoms with E-state index in [0.29, 0.717) is 5.92 Å². The molecule has 1 aliphatic heterocycles. The molecule has 3 aromatic carbocycles. The molecule has 2 aliphatic rings. The molecule has 144 valence electrons. The fraction of sp³-hybridized carbons (Fsp3) is 0.296. The molecule has 1 fully saturated rings. The fourth-order valence-corrected chi connectivity index (χ4v) is 5.51. The Balaban J connectivity index is 1.60. The summed E-state index contributed by atoms with van der Waals surface area (Å²) in [6, 6.07) is 20.1. The summed E-state index contributed by atoms with van der Waals surface area (Å²) in [5.74, 6) is 2.65. The quantitative estimate of drug-likeness (QED) is 0.287. The number of hydrogen-bond acceptors (Lipinski definition) is 1. The number of pyridine rings is 1. The smallest absolute Gasteiger partial charge is 0.256 e. The molecule has 0 amide bonds. The predicted molar refractivity (Wildman–Crippen MR) is 119 cm³/mol. The highest BCUT2D eigenvalue weighted by Crippen LogP contribution is 2.47. The number of benzene rings is 3. The van der Waals surface area contributed by atoms with Gasteiger partial charge in [0.25, 0.3) is 5.69 Å². The van der Waals surface area contributed by atoms with Gasteiger partial charge in [-0.3, -0.25) is 0 Å². The van der Waals surface area contributed by atoms with Crippen molar-refractivity contribution in [2.24, 2.45) is 7.05 Å². The van der Waals surface area contributed by atoms with Crippen LogP contribution in [0.15, 0.2) is 54.6 Å². The Hall–Kier alpha value is -2.87. The lowest BCUT2D eigenvalue weighted by Crippen LogP contribution is -2.33. The van der Waals surface area contributed by atoms with E-state index < -0.39 is 0 Å². The summed E-state index contributed by atoms with van der Waals surface area (Å²) in [6.45, 7) is 2.21. The van der Waals surface area contributed by atoms with Gasteiger partial charge in [0, 0.05) is 17.5 Å². The Labute approximate surface area is 171 Å². The molecule has 2 nitrogen and oxygen atoms in total. The van der Waals surface area contributed by atoms with Crippen molar-refractivity contribution in [3.63, 3.8) is 0 Å². The number of hydrogen-bond donors (Lipinski definition) is 0. The molecule has 2 heteroatoms. The maximum Gasteiger partial charge on any atom is 0.256 e. The average Bonchev–Trinajstić information content (AvgIpc) is 2.76. The van der Waals surface area contributed by atoms with Crippen LogP contribution in [0.25, 0.3) is 32.9 Å². The standard InChI is InChI=1S/C27H26NO/c1-17-11-12-19-9-6-10-23-26(19)25(17)27-24(29-23)16-21-15-20(13-14-22(21)28(27)2)18-7-4-3-5-8-18/h6,9-16,18H,3-5,7-8H2,1-2H3/q+1. The summed E-state index contributed by atoms with van der Waals surface area (Å²) in [6.07, 6.45) is 6.78. The third-order valence-electron chi connectivity index (χ3n) is 7.02. The third kappa shape index (κ3) is 2.51. The van der Waals surface area contributed by atoms with Gasteiger partial charge >= 0.3 is 0 Å². The molecule has 1 aliphatic carbocycles. The zero-order valence-corrected chi connectivity index (χ0v) is 17.2. The number of nitrogens with zero attached hydrogens (tertiary/aromatic N) is 1. The van der Waals surface area contributed by atoms with Crippen molar-refractivity contribution in [3.8, 4) is 22.8 Å². The molecule has 1 aromatic heterocycles. The molecule has 0 unspecified atom stereocenters. The van der Waals surface area contributed by atoms with Crippen molar-refractivity contribution in [1.29, 1.82) is 0 Å². The van der Waals surface area contributed by atoms with E-state index in [1.807, 2.05) is 0 Å². The van der Waals surface area contributed by atoms with Crippen molar-refractivity contribution in [1.82, 2.24) is 0 Å². The van der Waals surface area contributed by atoms with Crippen molar-refractivity contribution in [3.05, 3.63) is 65.7 Å². The number of rotatable bonds is 1. The van der Waals surface area contributed by atoms with Gasteiger partial charge in [0.2, 0.25) is 5.52 Å². The zero-order valence-electron chi connectivity index (χ0n) is 17.2. The minimum Gasteiger partial charge on any atom is -0.450 e. The molecule has 0 atom stereocenters. The number of aromatic nitrogens is 1. The summed E-state index contributed by atoms with van der Waals surface area (Å²) in [7, 11) is 2.18. The molecule has 29 heavy (non-hydrogen) atoms. The second-order valence-corrected chi connectivity index (χ2v) is 8.78. The van der Waals surface area contributed by atoms with Crippen LogP contribution >= 0.6 is 0 Å². The van der Waals surface area contributed by atoms with Gasteiger partial charge in [0.15, 0.2) is 5.75 Å². The van der Waals surface area contributed by atoms with E-state index in [1.165, 1.54) is 76.2 Å². The number of ether oxygens (including phenoxy) is 1. The van der Waals surface area contributed by atoms with Gasteiger partial charge in [-0.05, 0) is 54.3 Å². The molecule has 0 saturated heterocycles. The molecule has 0 spiro atoms. The van der Waals surface area contributed by atoms with Crippen LogP contribution in [0.5, 0.6) is 11.5 Å². The molecule has 0 N–H and O–H groups in total. The number of aryl methyl sites for hydroxylation is 2. The van der Waals surface area contributed by atoms with E-state index in [1.54, 1.807) is 0 Å². The van der Waals surface area contributed by atoms with Gasteiger partial charge in [-0.25, -0.2) is 0 Å². The van der Waals surface area contributed by atoms with Crippen LogP contribution in [0.4, 0.5) is 0 Å². The van der Waals surface area contributed by atoms with Crippen LogP contribution in [-0.4, -0.2) is 0 Å². The summed E-state index contributed by atoms with van der Waals surface area (Å²) >= 11 is 0. The van der Waals surface area contributed by atoms with E-state index >= 15 is 0 Å². The number of fused-ring (bicyclic) bond motifs is 3. The van der Waals surface area contributed by atoms with Crippen molar-refractivity contribution < 1.29 is 9.30 Å². The molecule has 1 saturated carbocycles. The molecule has 2 heterocycles. The maximum atomic E-state index is 6.46. The van der Waals surface area contributed by atoms with Crippen molar-refractivity contribution >= 4 is 21.7 Å². The van der Waals surface area contributed by atoms with Crippen LogP contribution in [0.1, 0.15) is 49.1 Å². The van der Waals surface area contributed by atoms with Gasteiger partial charge in [0.05, 0.1) is 10.9 Å². The van der Waals surface area contributed by atoms with Gasteiger partial charge in [0.1, 0.15) is 12.8 Å². The van der Waals surface area contributed by atoms with Crippen LogP contribution in [-0.2, 0) is 7.05 Å². The van der Waals surface area contributed by atoms with Crippen LogP contribution in [0.3, 0.4) is 0 Å². The third-order valence-corrected chi connectivity index (χ3v) is 7.02. The largest absolute Gasteiger partial charge is 0.450 e. The highest BCUT2D eigenvalue weighted by Gasteiger charge is 2.30. The minimum absolute atomic E-state index is 0.715. The maximum absolute atomic E-state index is 6.46. The minimum atomic E-state index is 0.715. The van der Waals surface area contributed by atoms with Gasteiger partial charge in [-0.1, -0.05) is 49.6 Å². The Morgan fingerprint density at radius 3 is 2.59 bits per heavy atom. The predicted octanol–water partition coefficient (Wildman–Crippen LogP) is 6.95. The summed E-state index contributed by atoms with van der Waals surface area (Å²) in [4.78, 5) is 0. The van der Waals surface area contributed by atoms with E-state index in [9.17, 15) is 0 Å². The van der Waals surface area contributed by atoms with Gasteiger partial charge in [-0.2, -0.15) is 4.57 Å². The van der Waals surface area contributed by atoms with Gasteiger partial charge in [-0.15, -0.1) is 0 Å². The molecular formula is C27H26NO+. The normalized spacial score (nSPS) is 16.1. The lowest BCUT2D eigenvalue weighted by atomic mass is 9.83. The highest BCUT2D eigenvalue weighted by molar-refractivity contribution is 6.04. The average molecular weight is 381 g/mol. The van der Waals surface area contributed by atoms with Crippen molar-refractivity contribution in [2.45, 2.75) is 44.9 Å². The first-order chi connectivity index (χ1) is 14.2. The first kappa shape index (κ1) is 17.0. The fourth-order valence-electron chi connectivity index (χ4n) is 5.51. The first-order valence-electron chi connectivity index (χ1n) is 10.9. The van der Waals surface area contributed by atoms with Crippen molar-refractivity contribution in [2.75, 3.05) is 0 Å². The molecule has 4 aromatic rings. The second kappa shape index (κ2) is 6.32. The SMILES string of the molecule is Cc1ccc2cccc3c2c1-c1c(cc2cc(C4CCCCC4)ccc2[n+]1C)O3. The van der Waals surface area contributed by atoms with Crippen LogP contribution in [0, 0.1) is 6.92 Å².